The maximum absolute atomic E-state index is 11.2. The minimum absolute atomic E-state index is 0.0558. The molecule has 3 aromatic heterocycles. The normalized spacial score (nSPS) is 14.8. The minimum atomic E-state index is -1.02. The summed E-state index contributed by atoms with van der Waals surface area (Å²) in [5, 5.41) is 14.6. The van der Waals surface area contributed by atoms with Crippen molar-refractivity contribution in [1.29, 1.82) is 0 Å². The fourth-order valence-electron chi connectivity index (χ4n) is 3.38. The van der Waals surface area contributed by atoms with Crippen molar-refractivity contribution in [1.82, 2.24) is 9.97 Å². The number of carboxylic acids is 1. The van der Waals surface area contributed by atoms with Gasteiger partial charge in [-0.1, -0.05) is 29.5 Å². The van der Waals surface area contributed by atoms with Crippen molar-refractivity contribution in [2.45, 2.75) is 19.3 Å². The molecule has 144 valence electrons. The summed E-state index contributed by atoms with van der Waals surface area (Å²) in [5.74, 6) is -1.02. The third-order valence-corrected chi connectivity index (χ3v) is 6.90. The van der Waals surface area contributed by atoms with Crippen LogP contribution in [0.1, 0.15) is 33.8 Å². The second kappa shape index (κ2) is 7.38. The van der Waals surface area contributed by atoms with Gasteiger partial charge >= 0.3 is 5.97 Å². The molecular weight excluding hydrogens is 404 g/mol. The smallest absolute Gasteiger partial charge is 0.354 e. The molecule has 0 atom stereocenters. The van der Waals surface area contributed by atoms with Crippen LogP contribution in [0, 0.1) is 0 Å². The Balaban J connectivity index is 1.45. The summed E-state index contributed by atoms with van der Waals surface area (Å²) in [7, 11) is 0. The number of para-hydroxylation sites is 1. The molecule has 3 heterocycles. The number of aromatic carboxylic acids is 1. The zero-order chi connectivity index (χ0) is 19.8. The highest BCUT2D eigenvalue weighted by Gasteiger charge is 2.21. The van der Waals surface area contributed by atoms with Crippen LogP contribution in [0.2, 0.25) is 0 Å². The molecule has 8 heteroatoms. The number of nitrogens with zero attached hydrogens (tertiary/aromatic N) is 3. The molecule has 6 nitrogen and oxygen atoms in total. The van der Waals surface area contributed by atoms with Crippen molar-refractivity contribution in [2.24, 2.45) is 5.10 Å². The Kier molecular flexibility index (Phi) is 4.57. The minimum Gasteiger partial charge on any atom is -0.477 e. The predicted octanol–water partition coefficient (Wildman–Crippen LogP) is 5.27. The Labute approximate surface area is 174 Å². The monoisotopic (exact) mass is 420 g/mol. The number of benzene rings is 1. The van der Waals surface area contributed by atoms with Gasteiger partial charge in [0.25, 0.3) is 0 Å². The number of rotatable bonds is 4. The van der Waals surface area contributed by atoms with Crippen molar-refractivity contribution < 1.29 is 9.90 Å². The molecule has 0 aliphatic heterocycles. The lowest BCUT2D eigenvalue weighted by molar-refractivity contribution is 0.0690. The molecule has 1 aliphatic rings. The molecule has 4 aromatic rings. The summed E-state index contributed by atoms with van der Waals surface area (Å²) >= 11 is 3.24. The summed E-state index contributed by atoms with van der Waals surface area (Å²) in [6.07, 6.45) is 2.93. The van der Waals surface area contributed by atoms with Gasteiger partial charge in [0.15, 0.2) is 0 Å². The number of carboxylic acid groups (broad SMARTS) is 1. The summed E-state index contributed by atoms with van der Waals surface area (Å²) in [5.41, 5.74) is 6.95. The number of thiazole rings is 1. The van der Waals surface area contributed by atoms with Crippen molar-refractivity contribution >= 4 is 49.7 Å². The fraction of sp³-hybridized carbons (Fsp3) is 0.143. The number of hydrogen-bond donors (Lipinski definition) is 2. The van der Waals surface area contributed by atoms with E-state index in [1.165, 1.54) is 10.9 Å². The van der Waals surface area contributed by atoms with E-state index in [-0.39, 0.29) is 5.69 Å². The van der Waals surface area contributed by atoms with E-state index in [4.69, 9.17) is 0 Å². The molecule has 0 unspecified atom stereocenters. The second-order valence-corrected chi connectivity index (χ2v) is 8.84. The lowest BCUT2D eigenvalue weighted by atomic mass is 9.97. The number of anilines is 1. The van der Waals surface area contributed by atoms with Crippen molar-refractivity contribution in [3.63, 3.8) is 0 Å². The predicted molar refractivity (Wildman–Crippen MR) is 117 cm³/mol. The Morgan fingerprint density at radius 2 is 1.97 bits per heavy atom. The van der Waals surface area contributed by atoms with Gasteiger partial charge in [0.1, 0.15) is 5.69 Å². The van der Waals surface area contributed by atoms with Gasteiger partial charge in [-0.05, 0) is 49.6 Å². The second-order valence-electron chi connectivity index (χ2n) is 6.67. The summed E-state index contributed by atoms with van der Waals surface area (Å²) in [6.45, 7) is 0. The molecule has 2 N–H and O–H groups in total. The van der Waals surface area contributed by atoms with Crippen molar-refractivity contribution in [3.8, 4) is 10.6 Å². The number of fused-ring (bicyclic) bond motifs is 2. The molecule has 0 amide bonds. The van der Waals surface area contributed by atoms with Crippen LogP contribution < -0.4 is 5.43 Å². The molecule has 0 spiro atoms. The molecule has 0 saturated carbocycles. The van der Waals surface area contributed by atoms with Gasteiger partial charge in [0, 0.05) is 10.4 Å². The summed E-state index contributed by atoms with van der Waals surface area (Å²) < 4.78 is 1.13. The zero-order valence-corrected chi connectivity index (χ0v) is 16.9. The molecule has 1 aromatic carbocycles. The lowest BCUT2D eigenvalue weighted by Crippen LogP contribution is -2.11. The maximum Gasteiger partial charge on any atom is 0.354 e. The Morgan fingerprint density at radius 1 is 1.07 bits per heavy atom. The van der Waals surface area contributed by atoms with Crippen LogP contribution in [-0.4, -0.2) is 26.8 Å². The SMILES string of the molecule is O=C(O)c1cccc(-c2cc3c(s2)CCCC3=NNc2nc3ccccc3s2)n1. The molecule has 5 rings (SSSR count). The van der Waals surface area contributed by atoms with Gasteiger partial charge in [-0.15, -0.1) is 11.3 Å². The fourth-order valence-corrected chi connectivity index (χ4v) is 5.38. The van der Waals surface area contributed by atoms with Gasteiger partial charge < -0.3 is 5.11 Å². The van der Waals surface area contributed by atoms with Gasteiger partial charge in [-0.3, -0.25) is 5.43 Å². The topological polar surface area (TPSA) is 87.5 Å². The van der Waals surface area contributed by atoms with Crippen molar-refractivity contribution in [2.75, 3.05) is 5.43 Å². The zero-order valence-electron chi connectivity index (χ0n) is 15.3. The number of pyridine rings is 1. The number of aromatic nitrogens is 2. The highest BCUT2D eigenvalue weighted by Crippen LogP contribution is 2.35. The first kappa shape index (κ1) is 18.0. The van der Waals surface area contributed by atoms with E-state index in [1.807, 2.05) is 30.3 Å². The van der Waals surface area contributed by atoms with Crippen LogP contribution in [0.15, 0.2) is 53.6 Å². The van der Waals surface area contributed by atoms with Gasteiger partial charge in [-0.2, -0.15) is 5.10 Å². The van der Waals surface area contributed by atoms with Crippen LogP contribution in [-0.2, 0) is 6.42 Å². The number of thiophene rings is 1. The maximum atomic E-state index is 11.2. The van der Waals surface area contributed by atoms with E-state index in [0.717, 1.165) is 50.8 Å². The largest absolute Gasteiger partial charge is 0.477 e. The van der Waals surface area contributed by atoms with Crippen LogP contribution in [0.3, 0.4) is 0 Å². The molecule has 0 radical (unpaired) electrons. The van der Waals surface area contributed by atoms with Crippen LogP contribution in [0.4, 0.5) is 5.13 Å². The highest BCUT2D eigenvalue weighted by atomic mass is 32.1. The third kappa shape index (κ3) is 3.52. The van der Waals surface area contributed by atoms with Crippen LogP contribution in [0.25, 0.3) is 20.8 Å². The van der Waals surface area contributed by atoms with Crippen molar-refractivity contribution in [3.05, 3.63) is 64.7 Å². The highest BCUT2D eigenvalue weighted by molar-refractivity contribution is 7.22. The van der Waals surface area contributed by atoms with Gasteiger partial charge in [-0.25, -0.2) is 14.8 Å². The Morgan fingerprint density at radius 3 is 2.83 bits per heavy atom. The van der Waals surface area contributed by atoms with E-state index in [0.29, 0.717) is 5.69 Å². The quantitative estimate of drug-likeness (QED) is 0.439. The van der Waals surface area contributed by atoms with Crippen LogP contribution >= 0.6 is 22.7 Å². The van der Waals surface area contributed by atoms with E-state index in [1.54, 1.807) is 28.7 Å². The first-order chi connectivity index (χ1) is 14.2. The molecule has 29 heavy (non-hydrogen) atoms. The van der Waals surface area contributed by atoms with E-state index in [9.17, 15) is 9.90 Å². The number of carbonyl (C=O) groups is 1. The molecule has 0 fully saturated rings. The average molecular weight is 421 g/mol. The number of nitrogens with one attached hydrogen (secondary N) is 1. The number of aryl methyl sites for hydroxylation is 1. The Hall–Kier alpha value is -3.10. The van der Waals surface area contributed by atoms with E-state index in [2.05, 4.69) is 26.6 Å². The average Bonchev–Trinajstić information content (AvgIpc) is 3.36. The Bertz CT molecular complexity index is 1230. The third-order valence-electron chi connectivity index (χ3n) is 4.74. The first-order valence-corrected chi connectivity index (χ1v) is 10.8. The van der Waals surface area contributed by atoms with Gasteiger partial charge in [0.2, 0.25) is 5.13 Å². The number of hydrazone groups is 1. The summed E-state index contributed by atoms with van der Waals surface area (Å²) in [4.78, 5) is 22.3. The van der Waals surface area contributed by atoms with E-state index >= 15 is 0 Å². The first-order valence-electron chi connectivity index (χ1n) is 9.19. The lowest BCUT2D eigenvalue weighted by Gasteiger charge is -2.13. The standard InChI is InChI=1S/C21H16N4O2S2/c26-20(27)16-8-3-7-15(22-16)19-11-12-13(6-4-10-17(12)28-19)24-25-21-23-14-5-1-2-9-18(14)29-21/h1-3,5,7-9,11H,4,6,10H2,(H,23,25)(H,26,27). The summed E-state index contributed by atoms with van der Waals surface area (Å²) in [6, 6.07) is 15.2. The van der Waals surface area contributed by atoms with E-state index < -0.39 is 5.97 Å². The molecular formula is C21H16N4O2S2. The molecule has 0 bridgehead atoms. The van der Waals surface area contributed by atoms with Gasteiger partial charge in [0.05, 0.1) is 26.5 Å². The molecule has 0 saturated heterocycles. The van der Waals surface area contributed by atoms with Crippen LogP contribution in [0.5, 0.6) is 0 Å². The number of hydrogen-bond acceptors (Lipinski definition) is 7. The molecule has 1 aliphatic carbocycles.